The van der Waals surface area contributed by atoms with Crippen LogP contribution in [0.15, 0.2) is 52.9 Å². The molecule has 2 aromatic heterocycles. The minimum absolute atomic E-state index is 0.201. The molecule has 0 unspecified atom stereocenters. The van der Waals surface area contributed by atoms with Crippen molar-refractivity contribution in [2.45, 2.75) is 40.8 Å². The number of aryl methyl sites for hydroxylation is 3. The number of carbonyl (C=O) groups excluding carboxylic acids is 1. The number of anilines is 1. The predicted molar refractivity (Wildman–Crippen MR) is 134 cm³/mol. The Balaban J connectivity index is 1.44. The number of hydrogen-bond acceptors (Lipinski definition) is 4. The van der Waals surface area contributed by atoms with Crippen LogP contribution < -0.4 is 10.1 Å². The van der Waals surface area contributed by atoms with Crippen LogP contribution in [0.25, 0.3) is 0 Å². The third-order valence-corrected chi connectivity index (χ3v) is 6.20. The van der Waals surface area contributed by atoms with Gasteiger partial charge in [0.15, 0.2) is 5.76 Å². The van der Waals surface area contributed by atoms with Gasteiger partial charge in [-0.05, 0) is 68.7 Å². The lowest BCUT2D eigenvalue weighted by Gasteiger charge is -2.10. The molecule has 0 aliphatic carbocycles. The largest absolute Gasteiger partial charge is 0.485 e. The van der Waals surface area contributed by atoms with Crippen molar-refractivity contribution in [1.29, 1.82) is 0 Å². The highest BCUT2D eigenvalue weighted by atomic mass is 35.5. The first-order valence-electron chi connectivity index (χ1n) is 10.8. The molecule has 2 heterocycles. The number of benzene rings is 2. The second-order valence-electron chi connectivity index (χ2n) is 8.17. The fourth-order valence-electron chi connectivity index (χ4n) is 3.77. The van der Waals surface area contributed by atoms with E-state index in [0.29, 0.717) is 33.7 Å². The molecule has 34 heavy (non-hydrogen) atoms. The summed E-state index contributed by atoms with van der Waals surface area (Å²) in [6.07, 6.45) is 0. The lowest BCUT2D eigenvalue weighted by Crippen LogP contribution is -2.12. The standard InChI is InChI=1S/C26H25Cl2N3O3/c1-15-6-5-7-16(2)25(15)33-14-21-10-11-23(34-21)26(32)29-24-17(3)30-31(18(24)4)13-19-8-9-20(27)12-22(19)28/h5-12H,13-14H2,1-4H3,(H,29,32). The van der Waals surface area contributed by atoms with Crippen molar-refractivity contribution < 1.29 is 13.9 Å². The van der Waals surface area contributed by atoms with Crippen LogP contribution in [-0.2, 0) is 13.2 Å². The van der Waals surface area contributed by atoms with E-state index in [2.05, 4.69) is 10.4 Å². The lowest BCUT2D eigenvalue weighted by atomic mass is 10.1. The van der Waals surface area contributed by atoms with Crippen LogP contribution in [0.1, 0.15) is 44.4 Å². The summed E-state index contributed by atoms with van der Waals surface area (Å²) in [7, 11) is 0. The molecule has 0 spiro atoms. The maximum atomic E-state index is 12.9. The van der Waals surface area contributed by atoms with Gasteiger partial charge in [0, 0.05) is 10.0 Å². The van der Waals surface area contributed by atoms with Crippen LogP contribution in [-0.4, -0.2) is 15.7 Å². The average Bonchev–Trinajstić information content (AvgIpc) is 3.36. The first-order valence-corrected chi connectivity index (χ1v) is 11.6. The number of furan rings is 1. The Bertz CT molecular complexity index is 1340. The summed E-state index contributed by atoms with van der Waals surface area (Å²) in [4.78, 5) is 12.9. The van der Waals surface area contributed by atoms with Crippen molar-refractivity contribution in [1.82, 2.24) is 9.78 Å². The zero-order chi connectivity index (χ0) is 24.4. The molecule has 0 radical (unpaired) electrons. The molecule has 1 amide bonds. The summed E-state index contributed by atoms with van der Waals surface area (Å²) < 4.78 is 13.5. The van der Waals surface area contributed by atoms with Crippen LogP contribution in [0.2, 0.25) is 10.0 Å². The van der Waals surface area contributed by atoms with E-state index in [1.54, 1.807) is 28.9 Å². The fourth-order valence-corrected chi connectivity index (χ4v) is 4.23. The van der Waals surface area contributed by atoms with E-state index in [1.807, 2.05) is 52.0 Å². The first-order chi connectivity index (χ1) is 16.2. The molecule has 2 aromatic carbocycles. The third kappa shape index (κ3) is 5.13. The van der Waals surface area contributed by atoms with E-state index in [4.69, 9.17) is 32.4 Å². The zero-order valence-electron chi connectivity index (χ0n) is 19.4. The predicted octanol–water partition coefficient (Wildman–Crippen LogP) is 6.90. The van der Waals surface area contributed by atoms with Crippen LogP contribution in [0.3, 0.4) is 0 Å². The highest BCUT2D eigenvalue weighted by Crippen LogP contribution is 2.26. The summed E-state index contributed by atoms with van der Waals surface area (Å²) in [6.45, 7) is 8.42. The number of ether oxygens (including phenoxy) is 1. The number of para-hydroxylation sites is 1. The van der Waals surface area contributed by atoms with Crippen LogP contribution >= 0.6 is 23.2 Å². The number of nitrogens with one attached hydrogen (secondary N) is 1. The van der Waals surface area contributed by atoms with Gasteiger partial charge in [-0.15, -0.1) is 0 Å². The van der Waals surface area contributed by atoms with E-state index in [-0.39, 0.29) is 18.3 Å². The number of nitrogens with zero attached hydrogens (tertiary/aromatic N) is 2. The van der Waals surface area contributed by atoms with Gasteiger partial charge in [0.05, 0.1) is 23.6 Å². The van der Waals surface area contributed by atoms with E-state index in [9.17, 15) is 4.79 Å². The molecule has 176 valence electrons. The van der Waals surface area contributed by atoms with Gasteiger partial charge in [0.1, 0.15) is 18.1 Å². The topological polar surface area (TPSA) is 69.3 Å². The van der Waals surface area contributed by atoms with E-state index < -0.39 is 0 Å². The number of rotatable bonds is 7. The molecule has 0 atom stereocenters. The van der Waals surface area contributed by atoms with Gasteiger partial charge in [-0.3, -0.25) is 9.48 Å². The highest BCUT2D eigenvalue weighted by molar-refractivity contribution is 6.35. The molecular formula is C26H25Cl2N3O3. The third-order valence-electron chi connectivity index (χ3n) is 5.61. The molecule has 0 aliphatic heterocycles. The Morgan fingerprint density at radius 1 is 1.06 bits per heavy atom. The Morgan fingerprint density at radius 2 is 1.79 bits per heavy atom. The molecule has 6 nitrogen and oxygen atoms in total. The van der Waals surface area contributed by atoms with E-state index in [0.717, 1.165) is 28.1 Å². The van der Waals surface area contributed by atoms with Gasteiger partial charge in [-0.2, -0.15) is 5.10 Å². The lowest BCUT2D eigenvalue weighted by molar-refractivity contribution is 0.0992. The van der Waals surface area contributed by atoms with Gasteiger partial charge in [-0.25, -0.2) is 0 Å². The number of carbonyl (C=O) groups is 1. The number of halogens is 2. The van der Waals surface area contributed by atoms with Crippen molar-refractivity contribution in [2.75, 3.05) is 5.32 Å². The van der Waals surface area contributed by atoms with Gasteiger partial charge in [0.2, 0.25) is 0 Å². The molecule has 4 aromatic rings. The summed E-state index contributed by atoms with van der Waals surface area (Å²) in [6, 6.07) is 14.7. The minimum atomic E-state index is -0.353. The number of hydrogen-bond donors (Lipinski definition) is 1. The summed E-state index contributed by atoms with van der Waals surface area (Å²) in [5, 5.41) is 8.62. The number of amides is 1. The second kappa shape index (κ2) is 9.95. The van der Waals surface area contributed by atoms with Crippen molar-refractivity contribution in [3.8, 4) is 5.75 Å². The molecule has 4 rings (SSSR count). The van der Waals surface area contributed by atoms with Gasteiger partial charge in [0.25, 0.3) is 5.91 Å². The summed E-state index contributed by atoms with van der Waals surface area (Å²) >= 11 is 12.3. The molecule has 0 aliphatic rings. The molecule has 0 fully saturated rings. The minimum Gasteiger partial charge on any atom is -0.485 e. The summed E-state index contributed by atoms with van der Waals surface area (Å²) in [5.74, 6) is 1.24. The maximum Gasteiger partial charge on any atom is 0.291 e. The van der Waals surface area contributed by atoms with Crippen LogP contribution in [0, 0.1) is 27.7 Å². The monoisotopic (exact) mass is 497 g/mol. The van der Waals surface area contributed by atoms with Crippen molar-refractivity contribution >= 4 is 34.8 Å². The second-order valence-corrected chi connectivity index (χ2v) is 9.01. The SMILES string of the molecule is Cc1cccc(C)c1OCc1ccc(C(=O)Nc2c(C)nn(Cc3ccc(Cl)cc3Cl)c2C)o1. The van der Waals surface area contributed by atoms with E-state index >= 15 is 0 Å². The Labute approximate surface area is 208 Å². The quantitative estimate of drug-likeness (QED) is 0.301. The summed E-state index contributed by atoms with van der Waals surface area (Å²) in [5.41, 5.74) is 5.12. The van der Waals surface area contributed by atoms with Crippen molar-refractivity contribution in [3.05, 3.63) is 98.2 Å². The first kappa shape index (κ1) is 23.9. The molecular weight excluding hydrogens is 473 g/mol. The van der Waals surface area contributed by atoms with Crippen molar-refractivity contribution in [2.24, 2.45) is 0 Å². The Kier molecular flexibility index (Phi) is 7.00. The van der Waals surface area contributed by atoms with Crippen LogP contribution in [0.4, 0.5) is 5.69 Å². The molecule has 0 saturated heterocycles. The average molecular weight is 498 g/mol. The Morgan fingerprint density at radius 3 is 2.50 bits per heavy atom. The van der Waals surface area contributed by atoms with Crippen LogP contribution in [0.5, 0.6) is 5.75 Å². The highest BCUT2D eigenvalue weighted by Gasteiger charge is 2.18. The van der Waals surface area contributed by atoms with Gasteiger partial charge in [-0.1, -0.05) is 47.5 Å². The number of aromatic nitrogens is 2. The van der Waals surface area contributed by atoms with E-state index in [1.165, 1.54) is 0 Å². The van der Waals surface area contributed by atoms with Gasteiger partial charge >= 0.3 is 0 Å². The Hall–Kier alpha value is -3.22. The molecule has 0 bridgehead atoms. The molecule has 0 saturated carbocycles. The maximum absolute atomic E-state index is 12.9. The fraction of sp³-hybridized carbons (Fsp3) is 0.231. The van der Waals surface area contributed by atoms with Crippen molar-refractivity contribution in [3.63, 3.8) is 0 Å². The zero-order valence-corrected chi connectivity index (χ0v) is 20.9. The normalized spacial score (nSPS) is 11.0. The smallest absolute Gasteiger partial charge is 0.291 e. The molecule has 8 heteroatoms. The van der Waals surface area contributed by atoms with Gasteiger partial charge < -0.3 is 14.5 Å². The molecule has 1 N–H and O–H groups in total.